The fourth-order valence-corrected chi connectivity index (χ4v) is 6.65. The highest BCUT2D eigenvalue weighted by Crippen LogP contribution is 2.41. The fourth-order valence-electron chi connectivity index (χ4n) is 5.83. The first-order valence-corrected chi connectivity index (χ1v) is 15.3. The van der Waals surface area contributed by atoms with Crippen molar-refractivity contribution in [1.29, 1.82) is 0 Å². The lowest BCUT2D eigenvalue weighted by molar-refractivity contribution is 0.0175. The second-order valence-electron chi connectivity index (χ2n) is 10.7. The van der Waals surface area contributed by atoms with E-state index in [0.29, 0.717) is 35.2 Å². The van der Waals surface area contributed by atoms with Gasteiger partial charge in [-0.2, -0.15) is 0 Å². The van der Waals surface area contributed by atoms with Crippen LogP contribution in [0.4, 0.5) is 0 Å². The second-order valence-corrected chi connectivity index (χ2v) is 13.0. The number of hydrogen-bond acceptors (Lipinski definition) is 6. The third-order valence-electron chi connectivity index (χ3n) is 7.78. The number of carbonyl (C=O) groups excluding carboxylic acids is 1. The zero-order chi connectivity index (χ0) is 26.6. The maximum Gasteiger partial charge on any atom is 0.251 e. The number of carbonyl (C=O) groups is 1. The summed E-state index contributed by atoms with van der Waals surface area (Å²) in [6.07, 6.45) is 6.53. The van der Waals surface area contributed by atoms with Crippen molar-refractivity contribution in [3.05, 3.63) is 58.9 Å². The molecule has 1 aromatic heterocycles. The molecule has 1 atom stereocenters. The number of hydrogen-bond donors (Lipinski definition) is 1. The Hall–Kier alpha value is -2.29. The molecule has 0 spiro atoms. The number of fused-ring (bicyclic) bond motifs is 1. The molecule has 0 bridgehead atoms. The van der Waals surface area contributed by atoms with Gasteiger partial charge in [-0.15, -0.1) is 0 Å². The summed E-state index contributed by atoms with van der Waals surface area (Å²) in [4.78, 5) is 20.0. The van der Waals surface area contributed by atoms with Crippen LogP contribution in [0.3, 0.4) is 0 Å². The third kappa shape index (κ3) is 6.59. The van der Waals surface area contributed by atoms with Crippen LogP contribution in [-0.2, 0) is 27.7 Å². The molecule has 1 N–H and O–H groups in total. The lowest BCUT2D eigenvalue weighted by atomic mass is 9.86. The molecule has 2 aromatic rings. The van der Waals surface area contributed by atoms with E-state index in [2.05, 4.69) is 42.0 Å². The molecule has 2 heterocycles. The van der Waals surface area contributed by atoms with Crippen LogP contribution in [0, 0.1) is 11.8 Å². The summed E-state index contributed by atoms with van der Waals surface area (Å²) in [5.74, 6) is 1.07. The topological polar surface area (TPSA) is 88.6 Å². The monoisotopic (exact) mass is 527 g/mol. The summed E-state index contributed by atoms with van der Waals surface area (Å²) >= 11 is 0. The van der Waals surface area contributed by atoms with Crippen LogP contribution in [-0.4, -0.2) is 49.2 Å². The minimum Gasteiger partial charge on any atom is -0.379 e. The molecule has 1 aliphatic carbocycles. The summed E-state index contributed by atoms with van der Waals surface area (Å²) < 4.78 is 29.8. The Morgan fingerprint density at radius 2 is 1.89 bits per heavy atom. The number of benzene rings is 1. The van der Waals surface area contributed by atoms with Gasteiger partial charge in [-0.05, 0) is 79.8 Å². The maximum absolute atomic E-state index is 12.9. The molecule has 0 radical (unpaired) electrons. The lowest BCUT2D eigenvalue weighted by Gasteiger charge is -2.35. The number of sulfone groups is 1. The zero-order valence-electron chi connectivity index (χ0n) is 22.6. The summed E-state index contributed by atoms with van der Waals surface area (Å²) in [5.41, 5.74) is 3.84. The van der Waals surface area contributed by atoms with Crippen molar-refractivity contribution in [3.63, 3.8) is 0 Å². The van der Waals surface area contributed by atoms with Crippen LogP contribution in [0.5, 0.6) is 0 Å². The molecule has 202 valence electrons. The van der Waals surface area contributed by atoms with E-state index in [0.717, 1.165) is 32.5 Å². The van der Waals surface area contributed by atoms with Crippen molar-refractivity contribution in [2.24, 2.45) is 11.8 Å². The minimum atomic E-state index is -3.28. The van der Waals surface area contributed by atoms with Crippen molar-refractivity contribution in [3.8, 4) is 0 Å². The summed E-state index contributed by atoms with van der Waals surface area (Å²) in [6.45, 7) is 11.3. The molecule has 7 nitrogen and oxygen atoms in total. The van der Waals surface area contributed by atoms with Crippen LogP contribution in [0.25, 0.3) is 0 Å². The lowest BCUT2D eigenvalue weighted by Crippen LogP contribution is -2.33. The number of aromatic nitrogens is 1. The number of ether oxygens (including phenoxy) is 1. The van der Waals surface area contributed by atoms with Crippen molar-refractivity contribution < 1.29 is 17.9 Å². The van der Waals surface area contributed by atoms with Gasteiger partial charge in [0.2, 0.25) is 0 Å². The van der Waals surface area contributed by atoms with Gasteiger partial charge in [0, 0.05) is 37.5 Å². The van der Waals surface area contributed by atoms with Gasteiger partial charge in [-0.1, -0.05) is 26.8 Å². The van der Waals surface area contributed by atoms with Crippen LogP contribution >= 0.6 is 0 Å². The summed E-state index contributed by atoms with van der Waals surface area (Å²) in [7, 11) is -3.28. The van der Waals surface area contributed by atoms with E-state index in [4.69, 9.17) is 4.74 Å². The van der Waals surface area contributed by atoms with E-state index in [1.165, 1.54) is 30.2 Å². The molecule has 2 aliphatic rings. The first kappa shape index (κ1) is 27.7. The Labute approximate surface area is 221 Å². The number of pyridine rings is 1. The molecule has 37 heavy (non-hydrogen) atoms. The highest BCUT2D eigenvalue weighted by atomic mass is 32.2. The van der Waals surface area contributed by atoms with E-state index in [1.54, 1.807) is 19.1 Å². The molecule has 1 saturated carbocycles. The van der Waals surface area contributed by atoms with Gasteiger partial charge in [-0.3, -0.25) is 14.7 Å². The standard InChI is InChI=1S/C29H41N3O4S/c1-5-36-25-11-7-21(8-12-25)18-32-19-23-15-22(9-14-27(23)28(32)20(3)4)29(33)31-16-24-10-13-26(17-30-24)37(34,35)6-2/h9-10,13-15,17,20-21,25,28H,5-8,11-12,16,18-19H2,1-4H3,(H,31,33)/t21?,25?,28-/m0/s1. The summed E-state index contributed by atoms with van der Waals surface area (Å²) in [6, 6.07) is 9.66. The molecule has 0 saturated heterocycles. The van der Waals surface area contributed by atoms with Crippen molar-refractivity contribution in [2.45, 2.75) is 83.5 Å². The summed E-state index contributed by atoms with van der Waals surface area (Å²) in [5, 5.41) is 2.93. The van der Waals surface area contributed by atoms with Crippen molar-refractivity contribution in [2.75, 3.05) is 18.9 Å². The van der Waals surface area contributed by atoms with E-state index >= 15 is 0 Å². The number of nitrogens with zero attached hydrogens (tertiary/aromatic N) is 2. The Morgan fingerprint density at radius 3 is 2.51 bits per heavy atom. The maximum atomic E-state index is 12.9. The van der Waals surface area contributed by atoms with Crippen molar-refractivity contribution in [1.82, 2.24) is 15.2 Å². The van der Waals surface area contributed by atoms with Crippen molar-refractivity contribution >= 4 is 15.7 Å². The molecular weight excluding hydrogens is 486 g/mol. The van der Waals surface area contributed by atoms with Gasteiger partial charge in [0.05, 0.1) is 29.0 Å². The predicted octanol–water partition coefficient (Wildman–Crippen LogP) is 4.91. The number of nitrogens with one attached hydrogen (secondary N) is 1. The zero-order valence-corrected chi connectivity index (χ0v) is 23.4. The predicted molar refractivity (Wildman–Crippen MR) is 145 cm³/mol. The molecule has 1 aliphatic heterocycles. The largest absolute Gasteiger partial charge is 0.379 e. The van der Waals surface area contributed by atoms with Gasteiger partial charge in [-0.25, -0.2) is 8.42 Å². The highest BCUT2D eigenvalue weighted by Gasteiger charge is 2.35. The fraction of sp³-hybridized carbons (Fsp3) is 0.586. The van der Waals surface area contributed by atoms with E-state index in [-0.39, 0.29) is 23.1 Å². The molecular formula is C29H41N3O4S. The van der Waals surface area contributed by atoms with Crippen LogP contribution in [0.2, 0.25) is 0 Å². The van der Waals surface area contributed by atoms with Gasteiger partial charge < -0.3 is 10.1 Å². The first-order chi connectivity index (χ1) is 17.7. The normalized spacial score (nSPS) is 22.2. The molecule has 8 heteroatoms. The Morgan fingerprint density at radius 1 is 1.14 bits per heavy atom. The molecule has 1 aromatic carbocycles. The molecule has 0 unspecified atom stereocenters. The Bertz CT molecular complexity index is 1170. The SMILES string of the molecule is CCOC1CCC(CN2Cc3cc(C(=O)NCc4ccc(S(=O)(=O)CC)cn4)ccc3[C@@H]2C(C)C)CC1. The third-order valence-corrected chi connectivity index (χ3v) is 9.50. The Kier molecular flexibility index (Phi) is 9.03. The van der Waals surface area contributed by atoms with Gasteiger partial charge in [0.15, 0.2) is 9.84 Å². The highest BCUT2D eigenvalue weighted by molar-refractivity contribution is 7.91. The first-order valence-electron chi connectivity index (χ1n) is 13.7. The van der Waals surface area contributed by atoms with Gasteiger partial charge >= 0.3 is 0 Å². The Balaban J connectivity index is 1.38. The average molecular weight is 528 g/mol. The quantitative estimate of drug-likeness (QED) is 0.472. The molecule has 1 fully saturated rings. The van der Waals surface area contributed by atoms with Gasteiger partial charge in [0.1, 0.15) is 0 Å². The van der Waals surface area contributed by atoms with E-state index in [1.807, 2.05) is 12.1 Å². The molecule has 1 amide bonds. The van der Waals surface area contributed by atoms with E-state index < -0.39 is 9.84 Å². The smallest absolute Gasteiger partial charge is 0.251 e. The molecule has 4 rings (SSSR count). The van der Waals surface area contributed by atoms with Gasteiger partial charge in [0.25, 0.3) is 5.91 Å². The van der Waals surface area contributed by atoms with E-state index in [9.17, 15) is 13.2 Å². The second kappa shape index (κ2) is 12.0. The van der Waals surface area contributed by atoms with Crippen LogP contribution < -0.4 is 5.32 Å². The minimum absolute atomic E-state index is 0.0349. The average Bonchev–Trinajstić information content (AvgIpc) is 3.26. The number of amides is 1. The van der Waals surface area contributed by atoms with Crippen LogP contribution in [0.1, 0.15) is 86.6 Å². The van der Waals surface area contributed by atoms with Crippen LogP contribution in [0.15, 0.2) is 41.4 Å². The number of rotatable bonds is 10.